The molecule has 2 rings (SSSR count). The third kappa shape index (κ3) is 3.21. The largest absolute Gasteiger partial charge is 0.377 e. The van der Waals surface area contributed by atoms with Crippen molar-refractivity contribution in [1.29, 1.82) is 0 Å². The van der Waals surface area contributed by atoms with Crippen LogP contribution in [-0.2, 0) is 4.74 Å². The van der Waals surface area contributed by atoms with E-state index in [1.807, 2.05) is 0 Å². The molecular formula is C14H22ClNO. The zero-order chi connectivity index (χ0) is 11.4. The summed E-state index contributed by atoms with van der Waals surface area (Å²) in [6, 6.07) is 10.8. The monoisotopic (exact) mass is 255 g/mol. The SMILES string of the molecule is COC1(CN)CCC(c2ccccc2)CC1.Cl. The first-order chi connectivity index (χ1) is 7.79. The lowest BCUT2D eigenvalue weighted by atomic mass is 9.76. The van der Waals surface area contributed by atoms with Gasteiger partial charge in [0.15, 0.2) is 0 Å². The van der Waals surface area contributed by atoms with Crippen LogP contribution in [-0.4, -0.2) is 19.3 Å². The summed E-state index contributed by atoms with van der Waals surface area (Å²) in [5.41, 5.74) is 7.22. The quantitative estimate of drug-likeness (QED) is 0.901. The summed E-state index contributed by atoms with van der Waals surface area (Å²) >= 11 is 0. The van der Waals surface area contributed by atoms with Gasteiger partial charge in [0.25, 0.3) is 0 Å². The van der Waals surface area contributed by atoms with E-state index in [4.69, 9.17) is 10.5 Å². The van der Waals surface area contributed by atoms with Crippen molar-refractivity contribution < 1.29 is 4.74 Å². The topological polar surface area (TPSA) is 35.2 Å². The maximum atomic E-state index is 5.81. The Hall–Kier alpha value is -0.570. The highest BCUT2D eigenvalue weighted by atomic mass is 35.5. The van der Waals surface area contributed by atoms with E-state index in [2.05, 4.69) is 30.3 Å². The van der Waals surface area contributed by atoms with Gasteiger partial charge in [0, 0.05) is 13.7 Å². The molecule has 0 spiro atoms. The minimum Gasteiger partial charge on any atom is -0.377 e. The van der Waals surface area contributed by atoms with Crippen LogP contribution >= 0.6 is 12.4 Å². The Morgan fingerprint density at radius 1 is 1.24 bits per heavy atom. The molecule has 1 aliphatic rings. The van der Waals surface area contributed by atoms with E-state index in [9.17, 15) is 0 Å². The van der Waals surface area contributed by atoms with Gasteiger partial charge < -0.3 is 10.5 Å². The number of hydrogen-bond acceptors (Lipinski definition) is 2. The first-order valence-electron chi connectivity index (χ1n) is 6.10. The first-order valence-corrected chi connectivity index (χ1v) is 6.10. The molecule has 0 saturated heterocycles. The fraction of sp³-hybridized carbons (Fsp3) is 0.571. The van der Waals surface area contributed by atoms with Gasteiger partial charge in [0.05, 0.1) is 5.60 Å². The smallest absolute Gasteiger partial charge is 0.0800 e. The Morgan fingerprint density at radius 2 is 1.82 bits per heavy atom. The van der Waals surface area contributed by atoms with Crippen LogP contribution in [0.25, 0.3) is 0 Å². The molecule has 2 N–H and O–H groups in total. The molecule has 1 saturated carbocycles. The standard InChI is InChI=1S/C14H21NO.ClH/c1-16-14(11-15)9-7-13(8-10-14)12-5-3-2-4-6-12;/h2-6,13H,7-11,15H2,1H3;1H. The second-order valence-electron chi connectivity index (χ2n) is 4.78. The van der Waals surface area contributed by atoms with Crippen LogP contribution < -0.4 is 5.73 Å². The van der Waals surface area contributed by atoms with Gasteiger partial charge in [-0.15, -0.1) is 12.4 Å². The Bertz CT molecular complexity index is 314. The molecule has 1 fully saturated rings. The summed E-state index contributed by atoms with van der Waals surface area (Å²) in [4.78, 5) is 0. The number of ether oxygens (including phenoxy) is 1. The summed E-state index contributed by atoms with van der Waals surface area (Å²) < 4.78 is 5.59. The molecule has 17 heavy (non-hydrogen) atoms. The van der Waals surface area contributed by atoms with Crippen LogP contribution in [0.15, 0.2) is 30.3 Å². The van der Waals surface area contributed by atoms with Gasteiger partial charge in [0.1, 0.15) is 0 Å². The van der Waals surface area contributed by atoms with Crippen molar-refractivity contribution >= 4 is 12.4 Å². The predicted molar refractivity (Wildman–Crippen MR) is 73.7 cm³/mol. The van der Waals surface area contributed by atoms with E-state index in [-0.39, 0.29) is 18.0 Å². The van der Waals surface area contributed by atoms with E-state index in [1.165, 1.54) is 18.4 Å². The summed E-state index contributed by atoms with van der Waals surface area (Å²) in [6.07, 6.45) is 4.54. The van der Waals surface area contributed by atoms with Crippen LogP contribution in [0.1, 0.15) is 37.2 Å². The normalized spacial score (nSPS) is 28.5. The molecule has 0 heterocycles. The molecule has 0 unspecified atom stereocenters. The molecule has 0 radical (unpaired) electrons. The predicted octanol–water partition coefficient (Wildman–Crippen LogP) is 3.11. The molecule has 1 aliphatic carbocycles. The molecule has 3 heteroatoms. The minimum atomic E-state index is -0.0503. The van der Waals surface area contributed by atoms with Gasteiger partial charge in [-0.1, -0.05) is 30.3 Å². The van der Waals surface area contributed by atoms with Gasteiger partial charge in [-0.3, -0.25) is 0 Å². The summed E-state index contributed by atoms with van der Waals surface area (Å²) in [6.45, 7) is 0.644. The lowest BCUT2D eigenvalue weighted by Crippen LogP contribution is -2.42. The van der Waals surface area contributed by atoms with Gasteiger partial charge in [0.2, 0.25) is 0 Å². The first kappa shape index (κ1) is 14.5. The van der Waals surface area contributed by atoms with Crippen LogP contribution in [0, 0.1) is 0 Å². The van der Waals surface area contributed by atoms with Crippen LogP contribution in [0.2, 0.25) is 0 Å². The molecule has 0 aromatic heterocycles. The summed E-state index contributed by atoms with van der Waals surface area (Å²) in [5.74, 6) is 0.691. The van der Waals surface area contributed by atoms with E-state index >= 15 is 0 Å². The average molecular weight is 256 g/mol. The Labute approximate surface area is 110 Å². The third-order valence-corrected chi connectivity index (χ3v) is 3.97. The molecule has 0 atom stereocenters. The maximum Gasteiger partial charge on any atom is 0.0800 e. The number of benzene rings is 1. The highest BCUT2D eigenvalue weighted by Gasteiger charge is 2.34. The van der Waals surface area contributed by atoms with E-state index in [0.717, 1.165) is 12.8 Å². The third-order valence-electron chi connectivity index (χ3n) is 3.97. The summed E-state index contributed by atoms with van der Waals surface area (Å²) in [7, 11) is 1.79. The van der Waals surface area contributed by atoms with Crippen LogP contribution in [0.4, 0.5) is 0 Å². The van der Waals surface area contributed by atoms with Crippen LogP contribution in [0.5, 0.6) is 0 Å². The van der Waals surface area contributed by atoms with Crippen molar-refractivity contribution in [2.75, 3.05) is 13.7 Å². The van der Waals surface area contributed by atoms with Crippen molar-refractivity contribution in [2.24, 2.45) is 5.73 Å². The minimum absolute atomic E-state index is 0. The number of halogens is 1. The molecule has 96 valence electrons. The molecule has 1 aromatic rings. The molecule has 0 amide bonds. The Kier molecular flexibility index (Phi) is 5.44. The molecule has 2 nitrogen and oxygen atoms in total. The van der Waals surface area contributed by atoms with Crippen molar-refractivity contribution in [3.63, 3.8) is 0 Å². The highest BCUT2D eigenvalue weighted by molar-refractivity contribution is 5.85. The van der Waals surface area contributed by atoms with Gasteiger partial charge in [-0.25, -0.2) is 0 Å². The molecular weight excluding hydrogens is 234 g/mol. The van der Waals surface area contributed by atoms with Gasteiger partial charge >= 0.3 is 0 Å². The molecule has 0 bridgehead atoms. The maximum absolute atomic E-state index is 5.81. The number of rotatable bonds is 3. The second-order valence-corrected chi connectivity index (χ2v) is 4.78. The van der Waals surface area contributed by atoms with Crippen molar-refractivity contribution in [1.82, 2.24) is 0 Å². The van der Waals surface area contributed by atoms with Gasteiger partial charge in [-0.05, 0) is 37.2 Å². The number of methoxy groups -OCH3 is 1. The van der Waals surface area contributed by atoms with E-state index in [1.54, 1.807) is 7.11 Å². The highest BCUT2D eigenvalue weighted by Crippen LogP contribution is 2.38. The number of hydrogen-bond donors (Lipinski definition) is 1. The fourth-order valence-electron chi connectivity index (χ4n) is 2.69. The average Bonchev–Trinajstić information content (AvgIpc) is 2.40. The lowest BCUT2D eigenvalue weighted by molar-refractivity contribution is -0.0350. The number of nitrogens with two attached hydrogens (primary N) is 1. The zero-order valence-corrected chi connectivity index (χ0v) is 11.2. The Morgan fingerprint density at radius 3 is 2.29 bits per heavy atom. The van der Waals surface area contributed by atoms with Crippen LogP contribution in [0.3, 0.4) is 0 Å². The van der Waals surface area contributed by atoms with E-state index < -0.39 is 0 Å². The molecule has 0 aliphatic heterocycles. The van der Waals surface area contributed by atoms with E-state index in [0.29, 0.717) is 12.5 Å². The Balaban J connectivity index is 0.00000144. The zero-order valence-electron chi connectivity index (χ0n) is 10.4. The fourth-order valence-corrected chi connectivity index (χ4v) is 2.69. The van der Waals surface area contributed by atoms with Crippen molar-refractivity contribution in [2.45, 2.75) is 37.2 Å². The van der Waals surface area contributed by atoms with Gasteiger partial charge in [-0.2, -0.15) is 0 Å². The summed E-state index contributed by atoms with van der Waals surface area (Å²) in [5, 5.41) is 0. The second kappa shape index (κ2) is 6.39. The van der Waals surface area contributed by atoms with Crippen molar-refractivity contribution in [3.8, 4) is 0 Å². The molecule has 1 aromatic carbocycles. The lowest BCUT2D eigenvalue weighted by Gasteiger charge is -2.38. The van der Waals surface area contributed by atoms with Crippen molar-refractivity contribution in [3.05, 3.63) is 35.9 Å².